The van der Waals surface area contributed by atoms with E-state index in [1.165, 1.54) is 10.7 Å². The van der Waals surface area contributed by atoms with Crippen LogP contribution in [0.25, 0.3) is 5.65 Å². The molecule has 2 unspecified atom stereocenters. The molecule has 1 aliphatic rings. The number of benzene rings is 1. The SMILES string of the molecule is CC1CN(c2ccc(Nc3ccc4nnnn4n3)cc2F)CC(C)O1. The Morgan fingerprint density at radius 3 is 2.72 bits per heavy atom. The van der Waals surface area contributed by atoms with E-state index in [2.05, 4.69) is 25.9 Å². The quantitative estimate of drug-likeness (QED) is 0.779. The largest absolute Gasteiger partial charge is 0.372 e. The van der Waals surface area contributed by atoms with E-state index in [0.717, 1.165) is 0 Å². The summed E-state index contributed by atoms with van der Waals surface area (Å²) in [5.74, 6) is 0.246. The molecule has 0 amide bonds. The second-order valence-corrected chi connectivity index (χ2v) is 6.20. The number of nitrogens with one attached hydrogen (secondary N) is 1. The van der Waals surface area contributed by atoms with E-state index in [0.29, 0.717) is 35.9 Å². The predicted octanol–water partition coefficient (Wildman–Crippen LogP) is 2.02. The molecule has 130 valence electrons. The monoisotopic (exact) mass is 343 g/mol. The van der Waals surface area contributed by atoms with Gasteiger partial charge in [-0.2, -0.15) is 0 Å². The first-order chi connectivity index (χ1) is 12.1. The maximum atomic E-state index is 14.6. The molecule has 0 radical (unpaired) electrons. The zero-order valence-electron chi connectivity index (χ0n) is 13.9. The van der Waals surface area contributed by atoms with Crippen LogP contribution in [0.3, 0.4) is 0 Å². The molecular weight excluding hydrogens is 325 g/mol. The van der Waals surface area contributed by atoms with Crippen LogP contribution in [-0.2, 0) is 4.74 Å². The zero-order valence-corrected chi connectivity index (χ0v) is 13.9. The highest BCUT2D eigenvalue weighted by Crippen LogP contribution is 2.27. The van der Waals surface area contributed by atoms with E-state index < -0.39 is 0 Å². The van der Waals surface area contributed by atoms with Gasteiger partial charge in [-0.15, -0.1) is 14.8 Å². The van der Waals surface area contributed by atoms with E-state index >= 15 is 0 Å². The summed E-state index contributed by atoms with van der Waals surface area (Å²) in [6, 6.07) is 8.54. The van der Waals surface area contributed by atoms with Crippen molar-refractivity contribution in [2.45, 2.75) is 26.1 Å². The van der Waals surface area contributed by atoms with Crippen LogP contribution in [0.15, 0.2) is 30.3 Å². The number of anilines is 3. The van der Waals surface area contributed by atoms with Crippen LogP contribution in [0.5, 0.6) is 0 Å². The zero-order chi connectivity index (χ0) is 17.4. The van der Waals surface area contributed by atoms with Crippen molar-refractivity contribution < 1.29 is 9.13 Å². The van der Waals surface area contributed by atoms with Crippen molar-refractivity contribution in [3.8, 4) is 0 Å². The van der Waals surface area contributed by atoms with Gasteiger partial charge >= 0.3 is 0 Å². The third kappa shape index (κ3) is 3.22. The van der Waals surface area contributed by atoms with E-state index in [4.69, 9.17) is 4.74 Å². The molecule has 2 aromatic heterocycles. The molecule has 1 N–H and O–H groups in total. The Labute approximate surface area is 143 Å². The van der Waals surface area contributed by atoms with Gasteiger partial charge in [-0.3, -0.25) is 0 Å². The van der Waals surface area contributed by atoms with Gasteiger partial charge in [0.15, 0.2) is 11.5 Å². The summed E-state index contributed by atoms with van der Waals surface area (Å²) >= 11 is 0. The van der Waals surface area contributed by atoms with Crippen LogP contribution in [0.1, 0.15) is 13.8 Å². The Bertz CT molecular complexity index is 889. The molecule has 25 heavy (non-hydrogen) atoms. The molecule has 0 spiro atoms. The van der Waals surface area contributed by atoms with Crippen molar-refractivity contribution in [3.05, 3.63) is 36.1 Å². The van der Waals surface area contributed by atoms with Gasteiger partial charge in [0.1, 0.15) is 5.82 Å². The second kappa shape index (κ2) is 6.25. The Kier molecular flexibility index (Phi) is 3.92. The molecule has 0 saturated carbocycles. The summed E-state index contributed by atoms with van der Waals surface area (Å²) in [7, 11) is 0. The molecule has 3 aromatic rings. The first-order valence-electron chi connectivity index (χ1n) is 8.11. The van der Waals surface area contributed by atoms with Crippen molar-refractivity contribution in [1.29, 1.82) is 0 Å². The molecule has 0 bridgehead atoms. The van der Waals surface area contributed by atoms with Crippen LogP contribution in [0.2, 0.25) is 0 Å². The number of hydrogen-bond acceptors (Lipinski definition) is 7. The number of nitrogens with zero attached hydrogens (tertiary/aromatic N) is 6. The van der Waals surface area contributed by atoms with E-state index in [9.17, 15) is 4.39 Å². The summed E-state index contributed by atoms with van der Waals surface area (Å²) in [6.45, 7) is 5.34. The van der Waals surface area contributed by atoms with E-state index in [-0.39, 0.29) is 18.0 Å². The average Bonchev–Trinajstić information content (AvgIpc) is 3.01. The van der Waals surface area contributed by atoms with Gasteiger partial charge in [-0.25, -0.2) is 4.39 Å². The summed E-state index contributed by atoms with van der Waals surface area (Å²) in [5.41, 5.74) is 1.73. The number of tetrazole rings is 1. The van der Waals surface area contributed by atoms with Gasteiger partial charge in [0.2, 0.25) is 0 Å². The lowest BCUT2D eigenvalue weighted by Gasteiger charge is -2.37. The molecule has 8 nitrogen and oxygen atoms in total. The smallest absolute Gasteiger partial charge is 0.200 e. The molecule has 1 fully saturated rings. The summed E-state index contributed by atoms with van der Waals surface area (Å²) < 4.78 is 21.6. The normalized spacial score (nSPS) is 20.8. The fraction of sp³-hybridized carbons (Fsp3) is 0.375. The molecule has 2 atom stereocenters. The van der Waals surface area contributed by atoms with Gasteiger partial charge in [-0.1, -0.05) is 0 Å². The number of aromatic nitrogens is 5. The first-order valence-corrected chi connectivity index (χ1v) is 8.11. The number of halogens is 1. The molecule has 1 aliphatic heterocycles. The van der Waals surface area contributed by atoms with Crippen LogP contribution in [0.4, 0.5) is 21.6 Å². The van der Waals surface area contributed by atoms with Crippen LogP contribution in [-0.4, -0.2) is 50.6 Å². The summed E-state index contributed by atoms with van der Waals surface area (Å²) in [4.78, 5) is 2.02. The lowest BCUT2D eigenvalue weighted by Crippen LogP contribution is -2.45. The van der Waals surface area contributed by atoms with Gasteiger partial charge < -0.3 is 15.0 Å². The van der Waals surface area contributed by atoms with Crippen molar-refractivity contribution in [2.24, 2.45) is 0 Å². The number of morpholine rings is 1. The first kappa shape index (κ1) is 15.7. The highest BCUT2D eigenvalue weighted by molar-refractivity contribution is 5.62. The van der Waals surface area contributed by atoms with Crippen LogP contribution >= 0.6 is 0 Å². The highest BCUT2D eigenvalue weighted by Gasteiger charge is 2.24. The van der Waals surface area contributed by atoms with Gasteiger partial charge in [0.25, 0.3) is 0 Å². The van der Waals surface area contributed by atoms with Crippen LogP contribution < -0.4 is 10.2 Å². The minimum absolute atomic E-state index is 0.0770. The summed E-state index contributed by atoms with van der Waals surface area (Å²) in [5, 5.41) is 18.3. The number of fused-ring (bicyclic) bond motifs is 1. The third-order valence-corrected chi connectivity index (χ3v) is 4.05. The van der Waals surface area contributed by atoms with E-state index in [1.807, 2.05) is 24.8 Å². The fourth-order valence-electron chi connectivity index (χ4n) is 3.08. The fourth-order valence-corrected chi connectivity index (χ4v) is 3.08. The Balaban J connectivity index is 1.54. The average molecular weight is 343 g/mol. The number of ether oxygens (including phenoxy) is 1. The van der Waals surface area contributed by atoms with Gasteiger partial charge in [0.05, 0.1) is 17.9 Å². The lowest BCUT2D eigenvalue weighted by molar-refractivity contribution is -0.00539. The maximum absolute atomic E-state index is 14.6. The molecule has 1 saturated heterocycles. The highest BCUT2D eigenvalue weighted by atomic mass is 19.1. The van der Waals surface area contributed by atoms with Gasteiger partial charge in [0, 0.05) is 18.8 Å². The van der Waals surface area contributed by atoms with Crippen LogP contribution in [0, 0.1) is 5.82 Å². The molecule has 4 rings (SSSR count). The topological polar surface area (TPSA) is 80.5 Å². The molecule has 1 aromatic carbocycles. The lowest BCUT2D eigenvalue weighted by atomic mass is 10.2. The minimum atomic E-state index is -0.283. The standard InChI is InChI=1S/C16H18FN7O/c1-10-8-23(9-11(2)25-10)14-4-3-12(7-13(14)17)18-15-5-6-16-19-21-22-24(16)20-15/h3-7,10-11H,8-9H2,1-2H3,(H,18,20). The number of hydrogen-bond donors (Lipinski definition) is 1. The third-order valence-electron chi connectivity index (χ3n) is 4.05. The van der Waals surface area contributed by atoms with Crippen molar-refractivity contribution in [2.75, 3.05) is 23.3 Å². The van der Waals surface area contributed by atoms with Crippen molar-refractivity contribution >= 4 is 22.8 Å². The maximum Gasteiger partial charge on any atom is 0.200 e. The molecule has 3 heterocycles. The molecule has 9 heteroatoms. The minimum Gasteiger partial charge on any atom is -0.372 e. The Hall–Kier alpha value is -2.81. The molecule has 0 aliphatic carbocycles. The number of rotatable bonds is 3. The Morgan fingerprint density at radius 2 is 1.96 bits per heavy atom. The van der Waals surface area contributed by atoms with Crippen molar-refractivity contribution in [1.82, 2.24) is 25.3 Å². The molecular formula is C16H18FN7O. The second-order valence-electron chi connectivity index (χ2n) is 6.20. The Morgan fingerprint density at radius 1 is 1.16 bits per heavy atom. The van der Waals surface area contributed by atoms with Crippen molar-refractivity contribution in [3.63, 3.8) is 0 Å². The van der Waals surface area contributed by atoms with E-state index in [1.54, 1.807) is 18.2 Å². The van der Waals surface area contributed by atoms with Gasteiger partial charge in [-0.05, 0) is 54.6 Å². The summed E-state index contributed by atoms with van der Waals surface area (Å²) in [6.07, 6.45) is 0.154. The predicted molar refractivity (Wildman–Crippen MR) is 90.5 cm³/mol.